The minimum atomic E-state index is -0.721. The van der Waals surface area contributed by atoms with Crippen molar-refractivity contribution in [2.24, 2.45) is 5.73 Å². The maximum absolute atomic E-state index is 10.4. The molecule has 1 fully saturated rings. The molecule has 0 atom stereocenters. The smallest absolute Gasteiger partial charge is 0.404 e. The Balaban J connectivity index is 2.31. The van der Waals surface area contributed by atoms with E-state index in [1.165, 1.54) is 0 Å². The third-order valence-corrected chi connectivity index (χ3v) is 2.29. The zero-order valence-corrected chi connectivity index (χ0v) is 7.25. The van der Waals surface area contributed by atoms with Crippen molar-refractivity contribution in [2.45, 2.75) is 44.3 Å². The van der Waals surface area contributed by atoms with Gasteiger partial charge in [-0.25, -0.2) is 4.79 Å². The average Bonchev–Trinajstić information content (AvgIpc) is 1.93. The fraction of sp³-hybridized carbons (Fsp3) is 0.875. The molecule has 1 aliphatic rings. The molecule has 0 aromatic heterocycles. The molecule has 0 aromatic rings. The SMILES string of the molecule is C[C@]1(O)CC[C@H](OC(N)=O)CC1. The third-order valence-electron chi connectivity index (χ3n) is 2.29. The lowest BCUT2D eigenvalue weighted by Crippen LogP contribution is -2.35. The minimum absolute atomic E-state index is 0.0947. The Morgan fingerprint density at radius 1 is 1.58 bits per heavy atom. The van der Waals surface area contributed by atoms with Crippen LogP contribution in [0.2, 0.25) is 0 Å². The van der Waals surface area contributed by atoms with Crippen molar-refractivity contribution in [3.8, 4) is 0 Å². The molecule has 4 heteroatoms. The Kier molecular flexibility index (Phi) is 2.57. The second-order valence-corrected chi connectivity index (χ2v) is 3.63. The lowest BCUT2D eigenvalue weighted by Gasteiger charge is -2.32. The highest BCUT2D eigenvalue weighted by atomic mass is 16.6. The van der Waals surface area contributed by atoms with E-state index in [-0.39, 0.29) is 6.10 Å². The number of amides is 1. The molecule has 70 valence electrons. The van der Waals surface area contributed by atoms with Crippen molar-refractivity contribution in [3.63, 3.8) is 0 Å². The van der Waals surface area contributed by atoms with Gasteiger partial charge in [0.2, 0.25) is 0 Å². The number of hydrogen-bond donors (Lipinski definition) is 2. The van der Waals surface area contributed by atoms with Gasteiger partial charge in [0, 0.05) is 0 Å². The molecule has 0 aromatic carbocycles. The van der Waals surface area contributed by atoms with Crippen LogP contribution in [0, 0.1) is 0 Å². The first kappa shape index (κ1) is 9.32. The topological polar surface area (TPSA) is 72.6 Å². The van der Waals surface area contributed by atoms with E-state index >= 15 is 0 Å². The number of hydrogen-bond acceptors (Lipinski definition) is 3. The number of carbonyl (C=O) groups is 1. The van der Waals surface area contributed by atoms with Gasteiger partial charge in [-0.15, -0.1) is 0 Å². The minimum Gasteiger partial charge on any atom is -0.446 e. The number of aliphatic hydroxyl groups is 1. The number of primary amides is 1. The van der Waals surface area contributed by atoms with Crippen LogP contribution in [-0.2, 0) is 4.74 Å². The second-order valence-electron chi connectivity index (χ2n) is 3.63. The predicted molar refractivity (Wildman–Crippen MR) is 43.5 cm³/mol. The summed E-state index contributed by atoms with van der Waals surface area (Å²) in [6.07, 6.45) is 1.94. The maximum Gasteiger partial charge on any atom is 0.404 e. The van der Waals surface area contributed by atoms with Gasteiger partial charge < -0.3 is 15.6 Å². The van der Waals surface area contributed by atoms with Crippen LogP contribution >= 0.6 is 0 Å². The van der Waals surface area contributed by atoms with Gasteiger partial charge in [0.1, 0.15) is 6.10 Å². The van der Waals surface area contributed by atoms with Gasteiger partial charge in [0.05, 0.1) is 5.60 Å². The van der Waals surface area contributed by atoms with E-state index in [1.54, 1.807) is 6.92 Å². The van der Waals surface area contributed by atoms with E-state index in [0.29, 0.717) is 25.7 Å². The summed E-state index contributed by atoms with van der Waals surface area (Å²) < 4.78 is 4.81. The summed E-state index contributed by atoms with van der Waals surface area (Å²) in [6, 6.07) is 0. The number of carbonyl (C=O) groups excluding carboxylic acids is 1. The molecule has 0 saturated heterocycles. The van der Waals surface area contributed by atoms with Crippen LogP contribution in [0.15, 0.2) is 0 Å². The zero-order chi connectivity index (χ0) is 9.19. The van der Waals surface area contributed by atoms with Crippen LogP contribution in [0.5, 0.6) is 0 Å². The largest absolute Gasteiger partial charge is 0.446 e. The van der Waals surface area contributed by atoms with E-state index in [4.69, 9.17) is 10.5 Å². The van der Waals surface area contributed by atoms with Gasteiger partial charge in [-0.2, -0.15) is 0 Å². The Hall–Kier alpha value is -0.770. The molecule has 0 radical (unpaired) electrons. The quantitative estimate of drug-likeness (QED) is 0.615. The molecular weight excluding hydrogens is 158 g/mol. The maximum atomic E-state index is 10.4. The fourth-order valence-corrected chi connectivity index (χ4v) is 1.50. The molecule has 1 rings (SSSR count). The standard InChI is InChI=1S/C8H15NO3/c1-8(11)4-2-6(3-5-8)12-7(9)10/h6,11H,2-5H2,1H3,(H2,9,10)/t6-,8-. The molecule has 1 amide bonds. The van der Waals surface area contributed by atoms with Crippen molar-refractivity contribution in [3.05, 3.63) is 0 Å². The highest BCUT2D eigenvalue weighted by Crippen LogP contribution is 2.28. The molecule has 0 spiro atoms. The van der Waals surface area contributed by atoms with E-state index in [0.717, 1.165) is 0 Å². The van der Waals surface area contributed by atoms with Gasteiger partial charge in [0.15, 0.2) is 0 Å². The van der Waals surface area contributed by atoms with Crippen molar-refractivity contribution in [1.82, 2.24) is 0 Å². The Labute approximate surface area is 71.7 Å². The van der Waals surface area contributed by atoms with Crippen LogP contribution in [0.1, 0.15) is 32.6 Å². The van der Waals surface area contributed by atoms with Crippen molar-refractivity contribution in [2.75, 3.05) is 0 Å². The van der Waals surface area contributed by atoms with E-state index in [1.807, 2.05) is 0 Å². The molecule has 1 aliphatic carbocycles. The van der Waals surface area contributed by atoms with Gasteiger partial charge in [-0.1, -0.05) is 0 Å². The van der Waals surface area contributed by atoms with Crippen LogP contribution in [-0.4, -0.2) is 22.9 Å². The summed E-state index contributed by atoms with van der Waals surface area (Å²) in [5.74, 6) is 0. The first-order chi connectivity index (χ1) is 5.49. The van der Waals surface area contributed by atoms with Crippen LogP contribution in [0.25, 0.3) is 0 Å². The first-order valence-corrected chi connectivity index (χ1v) is 4.18. The summed E-state index contributed by atoms with van der Waals surface area (Å²) in [4.78, 5) is 10.4. The number of nitrogens with two attached hydrogens (primary N) is 1. The van der Waals surface area contributed by atoms with Crippen LogP contribution in [0.4, 0.5) is 4.79 Å². The van der Waals surface area contributed by atoms with Crippen molar-refractivity contribution in [1.29, 1.82) is 0 Å². The van der Waals surface area contributed by atoms with Crippen LogP contribution < -0.4 is 5.73 Å². The lowest BCUT2D eigenvalue weighted by atomic mass is 9.85. The molecule has 0 bridgehead atoms. The van der Waals surface area contributed by atoms with Gasteiger partial charge in [0.25, 0.3) is 0 Å². The highest BCUT2D eigenvalue weighted by molar-refractivity contribution is 5.64. The highest BCUT2D eigenvalue weighted by Gasteiger charge is 2.29. The molecule has 1 saturated carbocycles. The van der Waals surface area contributed by atoms with E-state index in [9.17, 15) is 9.90 Å². The first-order valence-electron chi connectivity index (χ1n) is 4.18. The van der Waals surface area contributed by atoms with Crippen LogP contribution in [0.3, 0.4) is 0 Å². The Bertz CT molecular complexity index is 169. The van der Waals surface area contributed by atoms with Gasteiger partial charge in [-0.05, 0) is 32.6 Å². The predicted octanol–water partition coefficient (Wildman–Crippen LogP) is 0.775. The Morgan fingerprint density at radius 2 is 2.08 bits per heavy atom. The summed E-state index contributed by atoms with van der Waals surface area (Å²) in [7, 11) is 0. The molecule has 0 unspecified atom stereocenters. The third kappa shape index (κ3) is 2.70. The molecule has 12 heavy (non-hydrogen) atoms. The second kappa shape index (κ2) is 3.31. The normalized spacial score (nSPS) is 36.0. The summed E-state index contributed by atoms with van der Waals surface area (Å²) >= 11 is 0. The molecule has 4 nitrogen and oxygen atoms in total. The van der Waals surface area contributed by atoms with Crippen molar-refractivity contribution >= 4 is 6.09 Å². The van der Waals surface area contributed by atoms with Gasteiger partial charge >= 0.3 is 6.09 Å². The van der Waals surface area contributed by atoms with Crippen molar-refractivity contribution < 1.29 is 14.6 Å². The summed E-state index contributed by atoms with van der Waals surface area (Å²) in [6.45, 7) is 1.80. The van der Waals surface area contributed by atoms with E-state index < -0.39 is 11.7 Å². The summed E-state index contributed by atoms with van der Waals surface area (Å²) in [5, 5.41) is 9.55. The Morgan fingerprint density at radius 3 is 2.50 bits per heavy atom. The number of rotatable bonds is 1. The average molecular weight is 173 g/mol. The van der Waals surface area contributed by atoms with E-state index in [2.05, 4.69) is 0 Å². The van der Waals surface area contributed by atoms with Gasteiger partial charge in [-0.3, -0.25) is 0 Å². The fourth-order valence-electron chi connectivity index (χ4n) is 1.50. The number of ether oxygens (including phenoxy) is 1. The molecule has 3 N–H and O–H groups in total. The molecular formula is C8H15NO3. The lowest BCUT2D eigenvalue weighted by molar-refractivity contribution is -0.0218. The summed E-state index contributed by atoms with van der Waals surface area (Å²) in [5.41, 5.74) is 4.28. The molecule has 0 heterocycles. The molecule has 0 aliphatic heterocycles. The monoisotopic (exact) mass is 173 g/mol. The zero-order valence-electron chi connectivity index (χ0n) is 7.25.